The summed E-state index contributed by atoms with van der Waals surface area (Å²) in [5.41, 5.74) is -2.47. The van der Waals surface area contributed by atoms with Crippen LogP contribution in [0.1, 0.15) is 100 Å². The van der Waals surface area contributed by atoms with Crippen LogP contribution in [0.25, 0.3) is 0 Å². The van der Waals surface area contributed by atoms with Crippen LogP contribution in [0.15, 0.2) is 48.5 Å². The maximum atomic E-state index is 14.7. The molecular weight excluding hydrogens is 538 g/mol. The second kappa shape index (κ2) is 14.1. The summed E-state index contributed by atoms with van der Waals surface area (Å²) in [5.74, 6) is 0. The summed E-state index contributed by atoms with van der Waals surface area (Å²) in [6.45, 7) is 5.66. The second-order valence-electron chi connectivity index (χ2n) is 11.5. The van der Waals surface area contributed by atoms with Gasteiger partial charge >= 0.3 is 12.4 Å². The Balaban J connectivity index is 0.00000147. The molecule has 0 spiro atoms. The fraction of sp³-hybridized carbons (Fsp3) is 0.606. The molecule has 2 aromatic carbocycles. The summed E-state index contributed by atoms with van der Waals surface area (Å²) in [4.78, 5) is 2.25. The predicted octanol–water partition coefficient (Wildman–Crippen LogP) is 9.81. The van der Waals surface area contributed by atoms with E-state index < -0.39 is 23.2 Å². The van der Waals surface area contributed by atoms with Crippen LogP contribution < -0.4 is 0 Å². The van der Waals surface area contributed by atoms with E-state index in [1.54, 1.807) is 6.07 Å². The van der Waals surface area contributed by atoms with Crippen molar-refractivity contribution in [1.82, 2.24) is 4.90 Å². The van der Waals surface area contributed by atoms with E-state index in [1.165, 1.54) is 25.1 Å². The van der Waals surface area contributed by atoms with Crippen molar-refractivity contribution in [3.8, 4) is 6.07 Å². The van der Waals surface area contributed by atoms with Crippen molar-refractivity contribution < 1.29 is 26.3 Å². The molecule has 2 aromatic rings. The van der Waals surface area contributed by atoms with Crippen LogP contribution in [0, 0.1) is 11.3 Å². The zero-order valence-electron chi connectivity index (χ0n) is 24.2. The van der Waals surface area contributed by atoms with Crippen LogP contribution in [0.3, 0.4) is 0 Å². The van der Waals surface area contributed by atoms with Crippen LogP contribution in [0.2, 0.25) is 0 Å². The molecule has 8 heteroatoms. The third-order valence-electron chi connectivity index (χ3n) is 8.90. The van der Waals surface area contributed by atoms with Crippen molar-refractivity contribution in [2.24, 2.45) is 0 Å². The van der Waals surface area contributed by atoms with Gasteiger partial charge in [0.05, 0.1) is 16.9 Å². The highest BCUT2D eigenvalue weighted by atomic mass is 19.4. The molecule has 226 valence electrons. The Morgan fingerprint density at radius 3 is 1.63 bits per heavy atom. The van der Waals surface area contributed by atoms with Gasteiger partial charge in [-0.15, -0.1) is 0 Å². The van der Waals surface area contributed by atoms with Gasteiger partial charge < -0.3 is 0 Å². The van der Waals surface area contributed by atoms with E-state index in [2.05, 4.69) is 11.8 Å². The average molecular weight is 581 g/mol. The lowest BCUT2D eigenvalue weighted by Gasteiger charge is -2.39. The molecule has 0 saturated heterocycles. The van der Waals surface area contributed by atoms with E-state index in [-0.39, 0.29) is 43.2 Å². The van der Waals surface area contributed by atoms with Crippen molar-refractivity contribution >= 4 is 0 Å². The van der Waals surface area contributed by atoms with E-state index in [1.807, 2.05) is 30.3 Å². The summed E-state index contributed by atoms with van der Waals surface area (Å²) in [7, 11) is 0. The number of hydrogen-bond donors (Lipinski definition) is 0. The topological polar surface area (TPSA) is 27.0 Å². The molecule has 4 rings (SSSR count). The SMILES string of the molecule is CC#N.CCCN(CCCc1c(C2(C(F)(F)F)CCCC2)cccc1C1(C(F)(F)F)CCCC1)Cc1ccccc1. The maximum Gasteiger partial charge on any atom is 0.398 e. The third kappa shape index (κ3) is 7.28. The Hall–Kier alpha value is -2.53. The van der Waals surface area contributed by atoms with Gasteiger partial charge in [-0.2, -0.15) is 31.6 Å². The number of alkyl halides is 6. The smallest absolute Gasteiger partial charge is 0.299 e. The van der Waals surface area contributed by atoms with E-state index in [0.29, 0.717) is 50.8 Å². The van der Waals surface area contributed by atoms with Gasteiger partial charge in [0.15, 0.2) is 0 Å². The number of nitriles is 1. The van der Waals surface area contributed by atoms with E-state index in [0.717, 1.165) is 18.5 Å². The first-order valence-corrected chi connectivity index (χ1v) is 14.8. The van der Waals surface area contributed by atoms with E-state index >= 15 is 0 Å². The highest BCUT2D eigenvalue weighted by Crippen LogP contribution is 2.57. The molecule has 0 atom stereocenters. The highest BCUT2D eigenvalue weighted by Gasteiger charge is 2.60. The first-order valence-electron chi connectivity index (χ1n) is 14.8. The predicted molar refractivity (Wildman–Crippen MR) is 150 cm³/mol. The number of halogens is 6. The van der Waals surface area contributed by atoms with Gasteiger partial charge in [-0.05, 0) is 80.3 Å². The lowest BCUT2D eigenvalue weighted by molar-refractivity contribution is -0.191. The van der Waals surface area contributed by atoms with Crippen molar-refractivity contribution in [1.29, 1.82) is 5.26 Å². The minimum Gasteiger partial charge on any atom is -0.299 e. The molecule has 2 nitrogen and oxygen atoms in total. The van der Waals surface area contributed by atoms with Gasteiger partial charge in [-0.3, -0.25) is 4.90 Å². The van der Waals surface area contributed by atoms with Gasteiger partial charge in [-0.1, -0.05) is 81.1 Å². The number of rotatable bonds is 10. The lowest BCUT2D eigenvalue weighted by atomic mass is 9.69. The number of nitrogens with zero attached hydrogens (tertiary/aromatic N) is 2. The molecule has 2 fully saturated rings. The molecule has 2 saturated carbocycles. The maximum absolute atomic E-state index is 14.7. The molecule has 2 aliphatic rings. The largest absolute Gasteiger partial charge is 0.398 e. The first kappa shape index (κ1) is 33.0. The molecule has 0 N–H and O–H groups in total. The van der Waals surface area contributed by atoms with Crippen molar-refractivity contribution in [3.63, 3.8) is 0 Å². The molecule has 0 unspecified atom stereocenters. The zero-order valence-corrected chi connectivity index (χ0v) is 24.2. The van der Waals surface area contributed by atoms with Gasteiger partial charge in [0.1, 0.15) is 0 Å². The third-order valence-corrected chi connectivity index (χ3v) is 8.90. The molecule has 2 aliphatic carbocycles. The van der Waals surface area contributed by atoms with Crippen molar-refractivity contribution in [2.75, 3.05) is 13.1 Å². The molecule has 0 heterocycles. The monoisotopic (exact) mass is 580 g/mol. The summed E-state index contributed by atoms with van der Waals surface area (Å²) in [6.07, 6.45) is -5.81. The molecule has 0 aromatic heterocycles. The summed E-state index contributed by atoms with van der Waals surface area (Å²) >= 11 is 0. The Morgan fingerprint density at radius 2 is 1.22 bits per heavy atom. The van der Waals surface area contributed by atoms with E-state index in [4.69, 9.17) is 5.26 Å². The van der Waals surface area contributed by atoms with E-state index in [9.17, 15) is 26.3 Å². The molecule has 41 heavy (non-hydrogen) atoms. The molecule has 0 radical (unpaired) electrons. The normalized spacial score (nSPS) is 18.1. The Kier molecular flexibility index (Phi) is 11.3. The fourth-order valence-electron chi connectivity index (χ4n) is 7.03. The molecule has 0 aliphatic heterocycles. The summed E-state index contributed by atoms with van der Waals surface area (Å²) < 4.78 is 88.1. The molecule has 0 amide bonds. The van der Waals surface area contributed by atoms with Crippen LogP contribution in [0.5, 0.6) is 0 Å². The van der Waals surface area contributed by atoms with Crippen LogP contribution in [0.4, 0.5) is 26.3 Å². The van der Waals surface area contributed by atoms with Crippen LogP contribution in [-0.2, 0) is 23.8 Å². The van der Waals surface area contributed by atoms with Crippen molar-refractivity contribution in [2.45, 2.75) is 114 Å². The van der Waals surface area contributed by atoms with Crippen LogP contribution >= 0.6 is 0 Å². The summed E-state index contributed by atoms with van der Waals surface area (Å²) in [6, 6.07) is 16.1. The lowest BCUT2D eigenvalue weighted by Crippen LogP contribution is -2.44. The van der Waals surface area contributed by atoms with Gasteiger partial charge in [0.25, 0.3) is 0 Å². The van der Waals surface area contributed by atoms with Gasteiger partial charge in [0.2, 0.25) is 0 Å². The first-order chi connectivity index (χ1) is 19.5. The highest BCUT2D eigenvalue weighted by molar-refractivity contribution is 5.47. The zero-order chi connectivity index (χ0) is 30.2. The Bertz CT molecular complexity index is 1070. The minimum absolute atomic E-state index is 0.0536. The number of hydrogen-bond acceptors (Lipinski definition) is 2. The molecular formula is C33H42F6N2. The Morgan fingerprint density at radius 1 is 0.756 bits per heavy atom. The molecule has 0 bridgehead atoms. The standard InChI is InChI=1S/C31H39F6N.C2H3N/c1-2-21-38(23-24-12-4-3-5-13-24)22-11-14-25-26(28(30(32,33)34)17-6-7-18-28)15-10-16-27(25)29(31(35,36)37)19-8-9-20-29;1-2-3/h3-5,10,12-13,15-16H,2,6-9,11,14,17-23H2,1H3;1H3. The van der Waals surface area contributed by atoms with Gasteiger partial charge in [-0.25, -0.2) is 0 Å². The van der Waals surface area contributed by atoms with Crippen LogP contribution in [-0.4, -0.2) is 30.3 Å². The number of benzene rings is 2. The minimum atomic E-state index is -4.50. The Labute approximate surface area is 240 Å². The average Bonchev–Trinajstić information content (AvgIpc) is 3.61. The quantitative estimate of drug-likeness (QED) is 0.262. The summed E-state index contributed by atoms with van der Waals surface area (Å²) in [5, 5.41) is 7.32. The van der Waals surface area contributed by atoms with Gasteiger partial charge in [0, 0.05) is 13.5 Å². The fourth-order valence-corrected chi connectivity index (χ4v) is 7.03. The van der Waals surface area contributed by atoms with Crippen molar-refractivity contribution in [3.05, 3.63) is 70.8 Å². The second-order valence-corrected chi connectivity index (χ2v) is 11.5.